The van der Waals surface area contributed by atoms with Crippen molar-refractivity contribution in [2.75, 3.05) is 6.16 Å². The van der Waals surface area contributed by atoms with Crippen LogP contribution in [0.1, 0.15) is 81.3 Å². The van der Waals surface area contributed by atoms with Crippen LogP contribution in [0.25, 0.3) is 5.57 Å². The lowest BCUT2D eigenvalue weighted by atomic mass is 9.55. The molecule has 11 rings (SSSR count). The lowest BCUT2D eigenvalue weighted by Crippen LogP contribution is -2.53. The number of rotatable bonds is 6. The van der Waals surface area contributed by atoms with Gasteiger partial charge in [-0.3, -0.25) is 0 Å². The van der Waals surface area contributed by atoms with Crippen LogP contribution < -0.4 is 0 Å². The van der Waals surface area contributed by atoms with Crippen LogP contribution >= 0.6 is 7.92 Å². The molecule has 1 atom stereocenters. The summed E-state index contributed by atoms with van der Waals surface area (Å²) in [6.45, 7) is 0. The average molecular weight is 533 g/mol. The van der Waals surface area contributed by atoms with Gasteiger partial charge >= 0.3 is 0 Å². The third kappa shape index (κ3) is 4.02. The van der Waals surface area contributed by atoms with Crippen molar-refractivity contribution in [1.29, 1.82) is 0 Å². The van der Waals surface area contributed by atoms with Crippen molar-refractivity contribution >= 4 is 13.5 Å². The van der Waals surface area contributed by atoms with Crippen molar-refractivity contribution in [1.82, 2.24) is 0 Å². The molecule has 0 aromatic heterocycles. The summed E-state index contributed by atoms with van der Waals surface area (Å²) in [4.78, 5) is 0. The Morgan fingerprint density at radius 3 is 1.49 bits per heavy atom. The van der Waals surface area contributed by atoms with E-state index in [2.05, 4.69) is 72.8 Å². The summed E-state index contributed by atoms with van der Waals surface area (Å²) in [5, 5.41) is 0. The van der Waals surface area contributed by atoms with E-state index in [1.807, 2.05) is 0 Å². The third-order valence-corrected chi connectivity index (χ3v) is 16.8. The molecule has 2 aromatic carbocycles. The first-order valence-corrected chi connectivity index (χ1v) is 18.2. The highest BCUT2D eigenvalue weighted by Crippen LogP contribution is 2.71. The van der Waals surface area contributed by atoms with E-state index >= 15 is 0 Å². The van der Waals surface area contributed by atoms with Crippen LogP contribution in [0.4, 0.5) is 0 Å². The van der Waals surface area contributed by atoms with Gasteiger partial charge in [0.25, 0.3) is 0 Å². The Morgan fingerprint density at radius 1 is 0.538 bits per heavy atom. The molecule has 0 saturated heterocycles. The van der Waals surface area contributed by atoms with Gasteiger partial charge in [0, 0.05) is 5.92 Å². The van der Waals surface area contributed by atoms with Gasteiger partial charge in [-0.2, -0.15) is 0 Å². The Kier molecular flexibility index (Phi) is 5.81. The molecule has 202 valence electrons. The Labute approximate surface area is 237 Å². The molecule has 39 heavy (non-hydrogen) atoms. The molecule has 0 heterocycles. The van der Waals surface area contributed by atoms with Crippen molar-refractivity contribution in [2.24, 2.45) is 47.3 Å². The monoisotopic (exact) mass is 532 g/mol. The minimum absolute atomic E-state index is 0.0144. The fraction of sp³-hybridized carbons (Fsp3) is 0.579. The lowest BCUT2D eigenvalue weighted by molar-refractivity contribution is 0.0131. The van der Waals surface area contributed by atoms with E-state index in [-0.39, 0.29) is 7.92 Å². The van der Waals surface area contributed by atoms with Crippen molar-refractivity contribution in [3.8, 4) is 0 Å². The van der Waals surface area contributed by atoms with Gasteiger partial charge in [0.05, 0.1) is 0 Å². The fourth-order valence-electron chi connectivity index (χ4n) is 12.1. The number of allylic oxidation sites excluding steroid dienone is 4. The van der Waals surface area contributed by atoms with E-state index in [9.17, 15) is 0 Å². The maximum atomic E-state index is 2.61. The third-order valence-electron chi connectivity index (χ3n) is 12.9. The molecule has 8 bridgehead atoms. The minimum Gasteiger partial charge on any atom is -0.0947 e. The van der Waals surface area contributed by atoms with Crippen LogP contribution in [-0.4, -0.2) is 17.5 Å². The molecule has 2 aromatic rings. The molecule has 1 heteroatoms. The first-order valence-electron chi connectivity index (χ1n) is 16.5. The zero-order chi connectivity index (χ0) is 25.5. The van der Waals surface area contributed by atoms with Gasteiger partial charge in [-0.25, -0.2) is 0 Å². The Bertz CT molecular complexity index is 1170. The van der Waals surface area contributed by atoms with Gasteiger partial charge in [-0.05, 0) is 151 Å². The maximum absolute atomic E-state index is 2.61. The van der Waals surface area contributed by atoms with E-state index in [0.717, 1.165) is 58.7 Å². The largest absolute Gasteiger partial charge is 0.0947 e. The molecule has 8 saturated carbocycles. The average Bonchev–Trinajstić information content (AvgIpc) is 3.36. The fourth-order valence-corrected chi connectivity index (χ4v) is 16.8. The molecule has 8 fully saturated rings. The Morgan fingerprint density at radius 2 is 1.00 bits per heavy atom. The molecular formula is C38H45P. The number of benzene rings is 2. The van der Waals surface area contributed by atoms with Gasteiger partial charge in [0.1, 0.15) is 0 Å². The summed E-state index contributed by atoms with van der Waals surface area (Å²) in [7, 11) is 0.0144. The molecule has 9 aliphatic carbocycles. The Balaban J connectivity index is 1.14. The van der Waals surface area contributed by atoms with E-state index in [1.54, 1.807) is 75.4 Å². The standard InChI is InChI=1S/C38H45P/c1-3-7-28(8-4-1)35-12-11-30(36(35)29-9-5-2-6-10-29)23-39(37-31-15-24-13-25(17-31)18-32(37)16-24)38-33-19-26-14-27(21-33)22-34(38)20-26/h1-12,24-27,31-35,37-38H,13-23H2. The van der Waals surface area contributed by atoms with Crippen LogP contribution in [0.3, 0.4) is 0 Å². The maximum Gasteiger partial charge on any atom is 0.0281 e. The van der Waals surface area contributed by atoms with Crippen molar-refractivity contribution in [3.63, 3.8) is 0 Å². The van der Waals surface area contributed by atoms with E-state index in [4.69, 9.17) is 0 Å². The first-order chi connectivity index (χ1) is 19.3. The van der Waals surface area contributed by atoms with Gasteiger partial charge in [-0.15, -0.1) is 0 Å². The summed E-state index contributed by atoms with van der Waals surface area (Å²) in [6, 6.07) is 22.9. The lowest BCUT2D eigenvalue weighted by Gasteiger charge is -2.62. The molecule has 9 aliphatic rings. The summed E-state index contributed by atoms with van der Waals surface area (Å²) in [5.74, 6) is 9.05. The molecule has 0 nitrogen and oxygen atoms in total. The highest BCUT2D eigenvalue weighted by molar-refractivity contribution is 7.59. The second-order valence-corrected chi connectivity index (χ2v) is 17.6. The highest BCUT2D eigenvalue weighted by Gasteiger charge is 2.56. The second-order valence-electron chi connectivity index (χ2n) is 15.1. The summed E-state index contributed by atoms with van der Waals surface area (Å²) >= 11 is 0. The van der Waals surface area contributed by atoms with Gasteiger partial charge in [-0.1, -0.05) is 80.7 Å². The predicted molar refractivity (Wildman–Crippen MR) is 165 cm³/mol. The summed E-state index contributed by atoms with van der Waals surface area (Å²) < 4.78 is 0. The summed E-state index contributed by atoms with van der Waals surface area (Å²) in [6.07, 6.45) is 22.5. The van der Waals surface area contributed by atoms with Crippen LogP contribution in [0.2, 0.25) is 0 Å². The predicted octanol–water partition coefficient (Wildman–Crippen LogP) is 9.93. The highest BCUT2D eigenvalue weighted by atomic mass is 31.1. The van der Waals surface area contributed by atoms with Crippen LogP contribution in [-0.2, 0) is 0 Å². The molecule has 0 radical (unpaired) electrons. The van der Waals surface area contributed by atoms with Crippen LogP contribution in [0.5, 0.6) is 0 Å². The topological polar surface area (TPSA) is 0 Å². The number of hydrogen-bond acceptors (Lipinski definition) is 0. The smallest absolute Gasteiger partial charge is 0.0281 e. The normalized spacial score (nSPS) is 43.9. The van der Waals surface area contributed by atoms with Crippen LogP contribution in [0.15, 0.2) is 78.4 Å². The molecular weight excluding hydrogens is 487 g/mol. The minimum atomic E-state index is 0.0144. The zero-order valence-corrected chi connectivity index (χ0v) is 24.4. The quantitative estimate of drug-likeness (QED) is 0.325. The molecule has 0 N–H and O–H groups in total. The molecule has 0 amide bonds. The zero-order valence-electron chi connectivity index (χ0n) is 23.5. The molecule has 0 spiro atoms. The van der Waals surface area contributed by atoms with E-state index in [0.29, 0.717) is 5.92 Å². The van der Waals surface area contributed by atoms with Crippen molar-refractivity contribution in [2.45, 2.75) is 81.4 Å². The first kappa shape index (κ1) is 24.0. The van der Waals surface area contributed by atoms with Crippen molar-refractivity contribution in [3.05, 3.63) is 89.5 Å². The Hall–Kier alpha value is -1.65. The van der Waals surface area contributed by atoms with E-state index in [1.165, 1.54) is 17.3 Å². The van der Waals surface area contributed by atoms with Crippen LogP contribution in [0, 0.1) is 47.3 Å². The van der Waals surface area contributed by atoms with Gasteiger partial charge in [0.2, 0.25) is 0 Å². The molecule has 0 aliphatic heterocycles. The second kappa shape index (κ2) is 9.44. The SMILES string of the molecule is C1=CC(c2ccccc2)C(c2ccccc2)=C1CP(C1C2CC3CC(C2)CC1C3)C1C2CC3CC(C2)CC1C3. The van der Waals surface area contributed by atoms with E-state index < -0.39 is 0 Å². The van der Waals surface area contributed by atoms with Crippen molar-refractivity contribution < 1.29 is 0 Å². The van der Waals surface area contributed by atoms with Gasteiger partial charge < -0.3 is 0 Å². The van der Waals surface area contributed by atoms with Gasteiger partial charge in [0.15, 0.2) is 0 Å². The molecule has 1 unspecified atom stereocenters. The summed E-state index contributed by atoms with van der Waals surface area (Å²) in [5.41, 5.74) is 8.45. The number of hydrogen-bond donors (Lipinski definition) is 0.